The number of aryl methyl sites for hydroxylation is 1. The van der Waals surface area contributed by atoms with Crippen molar-refractivity contribution in [2.24, 2.45) is 0 Å². The summed E-state index contributed by atoms with van der Waals surface area (Å²) in [6.45, 7) is 0. The molecule has 0 aliphatic heterocycles. The zero-order valence-corrected chi connectivity index (χ0v) is 15.3. The Morgan fingerprint density at radius 3 is 2.59 bits per heavy atom. The molecule has 1 N–H and O–H groups in total. The molecule has 0 aliphatic rings. The molecule has 3 aromatic rings. The Kier molecular flexibility index (Phi) is 5.66. The van der Waals surface area contributed by atoms with Crippen molar-refractivity contribution >= 4 is 17.5 Å². The van der Waals surface area contributed by atoms with Crippen LogP contribution in [0.1, 0.15) is 22.7 Å². The normalized spacial score (nSPS) is 10.4. The molecule has 3 rings (SSSR count). The van der Waals surface area contributed by atoms with Gasteiger partial charge in [-0.15, -0.1) is 0 Å². The van der Waals surface area contributed by atoms with Crippen LogP contribution in [0, 0.1) is 0 Å². The lowest BCUT2D eigenvalue weighted by Crippen LogP contribution is -2.22. The third-order valence-electron chi connectivity index (χ3n) is 3.98. The molecule has 2 amide bonds. The Labute approximate surface area is 157 Å². The average Bonchev–Trinajstić information content (AvgIpc) is 3.16. The predicted molar refractivity (Wildman–Crippen MR) is 103 cm³/mol. The monoisotopic (exact) mass is 363 g/mol. The molecule has 0 saturated carbocycles. The first-order valence-electron chi connectivity index (χ1n) is 8.64. The van der Waals surface area contributed by atoms with Crippen LogP contribution in [0.15, 0.2) is 65.2 Å². The highest BCUT2D eigenvalue weighted by Gasteiger charge is 2.11. The number of hydrogen-bond acceptors (Lipinski definition) is 4. The van der Waals surface area contributed by atoms with E-state index >= 15 is 0 Å². The van der Waals surface area contributed by atoms with Crippen molar-refractivity contribution in [3.63, 3.8) is 0 Å². The summed E-state index contributed by atoms with van der Waals surface area (Å²) in [5.74, 6) is 0.921. The van der Waals surface area contributed by atoms with Crippen molar-refractivity contribution in [2.45, 2.75) is 12.8 Å². The zero-order chi connectivity index (χ0) is 19.2. The second-order valence-electron chi connectivity index (χ2n) is 6.31. The highest BCUT2D eigenvalue weighted by Crippen LogP contribution is 2.20. The number of nitrogens with one attached hydrogen (secondary N) is 1. The highest BCUT2D eigenvalue weighted by atomic mass is 16.4. The molecule has 27 heavy (non-hydrogen) atoms. The van der Waals surface area contributed by atoms with Crippen LogP contribution in [0.4, 0.5) is 5.69 Å². The minimum absolute atomic E-state index is 0.112. The number of benzene rings is 2. The van der Waals surface area contributed by atoms with Gasteiger partial charge in [0.25, 0.3) is 5.91 Å². The van der Waals surface area contributed by atoms with Gasteiger partial charge < -0.3 is 14.6 Å². The molecule has 0 atom stereocenters. The van der Waals surface area contributed by atoms with Gasteiger partial charge in [0.1, 0.15) is 0 Å². The first-order chi connectivity index (χ1) is 13.0. The van der Waals surface area contributed by atoms with Gasteiger partial charge in [-0.2, -0.15) is 0 Å². The quantitative estimate of drug-likeness (QED) is 0.726. The fourth-order valence-corrected chi connectivity index (χ4v) is 2.59. The Bertz CT molecular complexity index is 933. The van der Waals surface area contributed by atoms with Crippen molar-refractivity contribution in [3.8, 4) is 11.3 Å². The lowest BCUT2D eigenvalue weighted by atomic mass is 10.1. The molecular formula is C21H21N3O3. The summed E-state index contributed by atoms with van der Waals surface area (Å²) in [6, 6.07) is 16.6. The highest BCUT2D eigenvalue weighted by molar-refractivity contribution is 5.97. The number of oxazole rings is 1. The van der Waals surface area contributed by atoms with Gasteiger partial charge in [-0.05, 0) is 18.2 Å². The van der Waals surface area contributed by atoms with Crippen molar-refractivity contribution in [1.29, 1.82) is 0 Å². The van der Waals surface area contributed by atoms with E-state index in [1.807, 2.05) is 30.3 Å². The van der Waals surface area contributed by atoms with E-state index in [0.717, 1.165) is 5.56 Å². The number of aromatic nitrogens is 1. The molecule has 0 aliphatic carbocycles. The number of carbonyl (C=O) groups is 2. The van der Waals surface area contributed by atoms with Crippen LogP contribution < -0.4 is 5.32 Å². The van der Waals surface area contributed by atoms with Crippen LogP contribution in [0.5, 0.6) is 0 Å². The molecule has 0 unspecified atom stereocenters. The number of amides is 2. The number of anilines is 1. The standard InChI is InChI=1S/C21H21N3O3/c1-24(2)21(26)16-9-6-10-17(13-16)23-19(25)11-12-20-22-14-18(27-20)15-7-4-3-5-8-15/h3-10,13-14H,11-12H2,1-2H3,(H,23,25). The predicted octanol–water partition coefficient (Wildman–Crippen LogP) is 3.61. The van der Waals surface area contributed by atoms with Gasteiger partial charge in [-0.3, -0.25) is 9.59 Å². The van der Waals surface area contributed by atoms with E-state index in [-0.39, 0.29) is 18.2 Å². The summed E-state index contributed by atoms with van der Waals surface area (Å²) in [4.78, 5) is 29.9. The Morgan fingerprint density at radius 1 is 1.07 bits per heavy atom. The van der Waals surface area contributed by atoms with Crippen molar-refractivity contribution in [3.05, 3.63) is 72.2 Å². The van der Waals surface area contributed by atoms with Gasteiger partial charge in [0, 0.05) is 43.8 Å². The largest absolute Gasteiger partial charge is 0.441 e. The number of nitrogens with zero attached hydrogens (tertiary/aromatic N) is 2. The van der Waals surface area contributed by atoms with Crippen molar-refractivity contribution < 1.29 is 14.0 Å². The molecule has 2 aromatic carbocycles. The first-order valence-corrected chi connectivity index (χ1v) is 8.64. The maximum atomic E-state index is 12.2. The molecule has 138 valence electrons. The summed E-state index contributed by atoms with van der Waals surface area (Å²) < 4.78 is 5.71. The Hall–Kier alpha value is -3.41. The molecule has 0 spiro atoms. The lowest BCUT2D eigenvalue weighted by molar-refractivity contribution is -0.116. The van der Waals surface area contributed by atoms with Crippen LogP contribution in [-0.2, 0) is 11.2 Å². The van der Waals surface area contributed by atoms with Crippen LogP contribution in [-0.4, -0.2) is 35.8 Å². The molecule has 0 saturated heterocycles. The Balaban J connectivity index is 1.57. The average molecular weight is 363 g/mol. The van der Waals surface area contributed by atoms with Crippen LogP contribution in [0.2, 0.25) is 0 Å². The molecule has 0 fully saturated rings. The maximum Gasteiger partial charge on any atom is 0.253 e. The third kappa shape index (κ3) is 4.82. The van der Waals surface area contributed by atoms with E-state index in [0.29, 0.717) is 29.3 Å². The molecule has 0 radical (unpaired) electrons. The van der Waals surface area contributed by atoms with Gasteiger partial charge in [-0.1, -0.05) is 36.4 Å². The zero-order valence-electron chi connectivity index (χ0n) is 15.3. The SMILES string of the molecule is CN(C)C(=O)c1cccc(NC(=O)CCc2ncc(-c3ccccc3)o2)c1. The van der Waals surface area contributed by atoms with Crippen LogP contribution >= 0.6 is 0 Å². The fourth-order valence-electron chi connectivity index (χ4n) is 2.59. The van der Waals surface area contributed by atoms with Gasteiger partial charge >= 0.3 is 0 Å². The van der Waals surface area contributed by atoms with E-state index in [4.69, 9.17) is 4.42 Å². The molecule has 1 aromatic heterocycles. The van der Waals surface area contributed by atoms with E-state index in [1.165, 1.54) is 4.90 Å². The smallest absolute Gasteiger partial charge is 0.253 e. The van der Waals surface area contributed by atoms with Gasteiger partial charge in [0.05, 0.1) is 6.20 Å². The van der Waals surface area contributed by atoms with Gasteiger partial charge in [0.2, 0.25) is 5.91 Å². The van der Waals surface area contributed by atoms with Crippen molar-refractivity contribution in [1.82, 2.24) is 9.88 Å². The third-order valence-corrected chi connectivity index (χ3v) is 3.98. The number of rotatable bonds is 6. The fraction of sp³-hybridized carbons (Fsp3) is 0.190. The van der Waals surface area contributed by atoms with E-state index in [9.17, 15) is 9.59 Å². The van der Waals surface area contributed by atoms with Gasteiger partial charge in [-0.25, -0.2) is 4.98 Å². The Morgan fingerprint density at radius 2 is 1.85 bits per heavy atom. The topological polar surface area (TPSA) is 75.4 Å². The first kappa shape index (κ1) is 18.4. The number of hydrogen-bond donors (Lipinski definition) is 1. The maximum absolute atomic E-state index is 12.2. The minimum Gasteiger partial charge on any atom is -0.441 e. The van der Waals surface area contributed by atoms with E-state index in [1.54, 1.807) is 44.6 Å². The molecule has 6 nitrogen and oxygen atoms in total. The summed E-state index contributed by atoms with van der Waals surface area (Å²) in [7, 11) is 3.38. The molecule has 1 heterocycles. The molecular weight excluding hydrogens is 342 g/mol. The van der Waals surface area contributed by atoms with E-state index < -0.39 is 0 Å². The summed E-state index contributed by atoms with van der Waals surface area (Å²) in [6.07, 6.45) is 2.30. The summed E-state index contributed by atoms with van der Waals surface area (Å²) >= 11 is 0. The van der Waals surface area contributed by atoms with E-state index in [2.05, 4.69) is 10.3 Å². The molecule has 6 heteroatoms. The summed E-state index contributed by atoms with van der Waals surface area (Å²) in [5, 5.41) is 2.81. The second-order valence-corrected chi connectivity index (χ2v) is 6.31. The lowest BCUT2D eigenvalue weighted by Gasteiger charge is -2.11. The second kappa shape index (κ2) is 8.31. The minimum atomic E-state index is -0.163. The molecule has 0 bridgehead atoms. The van der Waals surface area contributed by atoms with Crippen LogP contribution in [0.25, 0.3) is 11.3 Å². The van der Waals surface area contributed by atoms with Gasteiger partial charge in [0.15, 0.2) is 11.7 Å². The summed E-state index contributed by atoms with van der Waals surface area (Å²) in [5.41, 5.74) is 2.06. The van der Waals surface area contributed by atoms with Crippen molar-refractivity contribution in [2.75, 3.05) is 19.4 Å². The van der Waals surface area contributed by atoms with Crippen LogP contribution in [0.3, 0.4) is 0 Å². The number of carbonyl (C=O) groups excluding carboxylic acids is 2.